The molecule has 4 heteroatoms. The van der Waals surface area contributed by atoms with Crippen molar-refractivity contribution in [3.05, 3.63) is 29.8 Å². The molecule has 120 valence electrons. The van der Waals surface area contributed by atoms with Crippen LogP contribution in [0.3, 0.4) is 0 Å². The molecule has 2 N–H and O–H groups in total. The summed E-state index contributed by atoms with van der Waals surface area (Å²) in [7, 11) is 1.69. The topological polar surface area (TPSA) is 47.7 Å². The Bertz CT molecular complexity index is 398. The minimum atomic E-state index is 0.0960. The van der Waals surface area contributed by atoms with Crippen LogP contribution < -0.4 is 10.5 Å². The van der Waals surface area contributed by atoms with Crippen molar-refractivity contribution in [1.82, 2.24) is 4.90 Å². The van der Waals surface area contributed by atoms with Gasteiger partial charge in [0.25, 0.3) is 0 Å². The maximum Gasteiger partial charge on any atom is 0.119 e. The lowest BCUT2D eigenvalue weighted by molar-refractivity contribution is 0.0887. The van der Waals surface area contributed by atoms with E-state index in [0.717, 1.165) is 38.5 Å². The zero-order chi connectivity index (χ0) is 15.7. The van der Waals surface area contributed by atoms with Crippen molar-refractivity contribution < 1.29 is 9.47 Å². The predicted octanol–water partition coefficient (Wildman–Crippen LogP) is 2.83. The summed E-state index contributed by atoms with van der Waals surface area (Å²) < 4.78 is 10.8. The zero-order valence-corrected chi connectivity index (χ0v) is 13.8. The van der Waals surface area contributed by atoms with Gasteiger partial charge in [0.2, 0.25) is 0 Å². The molecule has 1 aromatic rings. The third-order valence-corrected chi connectivity index (χ3v) is 3.84. The van der Waals surface area contributed by atoms with Crippen LogP contribution in [0.2, 0.25) is 0 Å². The van der Waals surface area contributed by atoms with Crippen molar-refractivity contribution >= 4 is 0 Å². The third-order valence-electron chi connectivity index (χ3n) is 3.84. The summed E-state index contributed by atoms with van der Waals surface area (Å²) >= 11 is 0. The highest BCUT2D eigenvalue weighted by molar-refractivity contribution is 5.31. The summed E-state index contributed by atoms with van der Waals surface area (Å²) in [6.45, 7) is 9.65. The monoisotopic (exact) mass is 294 g/mol. The van der Waals surface area contributed by atoms with Gasteiger partial charge in [0.15, 0.2) is 0 Å². The van der Waals surface area contributed by atoms with Gasteiger partial charge in [0.05, 0.1) is 19.8 Å². The number of nitrogens with zero attached hydrogens (tertiary/aromatic N) is 1. The zero-order valence-electron chi connectivity index (χ0n) is 13.8. The number of hydrogen-bond donors (Lipinski definition) is 1. The van der Waals surface area contributed by atoms with E-state index in [1.165, 1.54) is 5.56 Å². The number of likely N-dealkylation sites (N-methyl/N-ethyl adjacent to an activating group) is 1. The molecule has 1 aromatic carbocycles. The van der Waals surface area contributed by atoms with Gasteiger partial charge in [-0.1, -0.05) is 26.0 Å². The van der Waals surface area contributed by atoms with E-state index in [-0.39, 0.29) is 12.1 Å². The van der Waals surface area contributed by atoms with Crippen molar-refractivity contribution in [2.75, 3.05) is 33.4 Å². The summed E-state index contributed by atoms with van der Waals surface area (Å²) in [6, 6.07) is 8.50. The second kappa shape index (κ2) is 9.77. The minimum Gasteiger partial charge on any atom is -0.497 e. The normalized spacial score (nSPS) is 14.2. The molecule has 2 unspecified atom stereocenters. The average molecular weight is 294 g/mol. The third kappa shape index (κ3) is 5.30. The van der Waals surface area contributed by atoms with Crippen molar-refractivity contribution in [1.29, 1.82) is 0 Å². The van der Waals surface area contributed by atoms with Gasteiger partial charge in [-0.3, -0.25) is 4.90 Å². The fourth-order valence-corrected chi connectivity index (χ4v) is 2.60. The molecule has 0 aliphatic heterocycles. The lowest BCUT2D eigenvalue weighted by Gasteiger charge is -2.35. The predicted molar refractivity (Wildman–Crippen MR) is 87.7 cm³/mol. The standard InChI is InChI=1S/C17H30N2O2/c1-5-16(18)17(19(6-2)11-12-21-7-3)14-9-8-10-15(13-14)20-4/h8-10,13,16-17H,5-7,11-12,18H2,1-4H3. The van der Waals surface area contributed by atoms with Crippen LogP contribution in [0.4, 0.5) is 0 Å². The molecule has 0 saturated carbocycles. The molecule has 0 spiro atoms. The van der Waals surface area contributed by atoms with Gasteiger partial charge in [-0.15, -0.1) is 0 Å². The van der Waals surface area contributed by atoms with E-state index in [2.05, 4.69) is 30.9 Å². The van der Waals surface area contributed by atoms with Gasteiger partial charge >= 0.3 is 0 Å². The smallest absolute Gasteiger partial charge is 0.119 e. The molecule has 0 saturated heterocycles. The summed E-state index contributed by atoms with van der Waals surface area (Å²) in [5.41, 5.74) is 7.61. The van der Waals surface area contributed by atoms with Crippen LogP contribution in [-0.2, 0) is 4.74 Å². The highest BCUT2D eigenvalue weighted by Gasteiger charge is 2.24. The Morgan fingerprint density at radius 1 is 1.24 bits per heavy atom. The van der Waals surface area contributed by atoms with Crippen LogP contribution in [0.5, 0.6) is 5.75 Å². The number of ether oxygens (including phenoxy) is 2. The molecule has 4 nitrogen and oxygen atoms in total. The fourth-order valence-electron chi connectivity index (χ4n) is 2.60. The number of benzene rings is 1. The molecule has 2 atom stereocenters. The first-order chi connectivity index (χ1) is 10.2. The fraction of sp³-hybridized carbons (Fsp3) is 0.647. The Balaban J connectivity index is 2.96. The summed E-state index contributed by atoms with van der Waals surface area (Å²) in [5, 5.41) is 0. The molecular formula is C17H30N2O2. The molecule has 21 heavy (non-hydrogen) atoms. The quantitative estimate of drug-likeness (QED) is 0.674. The SMILES string of the molecule is CCOCCN(CC)C(c1cccc(OC)c1)C(N)CC. The van der Waals surface area contributed by atoms with E-state index in [1.807, 2.05) is 19.1 Å². The van der Waals surface area contributed by atoms with E-state index in [4.69, 9.17) is 15.2 Å². The number of nitrogens with two attached hydrogens (primary N) is 1. The highest BCUT2D eigenvalue weighted by atomic mass is 16.5. The van der Waals surface area contributed by atoms with Gasteiger partial charge in [-0.25, -0.2) is 0 Å². The Labute approximate surface area is 129 Å². The van der Waals surface area contributed by atoms with E-state index in [1.54, 1.807) is 7.11 Å². The molecule has 0 aromatic heterocycles. The van der Waals surface area contributed by atoms with Crippen molar-refractivity contribution in [2.45, 2.75) is 39.3 Å². The Kier molecular flexibility index (Phi) is 8.35. The maximum absolute atomic E-state index is 6.40. The Morgan fingerprint density at radius 2 is 2.00 bits per heavy atom. The molecule has 0 amide bonds. The molecule has 0 radical (unpaired) electrons. The second-order valence-corrected chi connectivity index (χ2v) is 5.12. The maximum atomic E-state index is 6.40. The number of hydrogen-bond acceptors (Lipinski definition) is 4. The molecule has 0 bridgehead atoms. The molecule has 1 rings (SSSR count). The van der Waals surface area contributed by atoms with Gasteiger partial charge in [-0.2, -0.15) is 0 Å². The van der Waals surface area contributed by atoms with E-state index < -0.39 is 0 Å². The first kappa shape index (κ1) is 18.0. The van der Waals surface area contributed by atoms with Crippen LogP contribution >= 0.6 is 0 Å². The van der Waals surface area contributed by atoms with Crippen LogP contribution in [0.15, 0.2) is 24.3 Å². The van der Waals surface area contributed by atoms with Gasteiger partial charge < -0.3 is 15.2 Å². The highest BCUT2D eigenvalue weighted by Crippen LogP contribution is 2.27. The van der Waals surface area contributed by atoms with Crippen LogP contribution in [0, 0.1) is 0 Å². The number of methoxy groups -OCH3 is 1. The number of rotatable bonds is 10. The van der Waals surface area contributed by atoms with Crippen molar-refractivity contribution in [3.8, 4) is 5.75 Å². The lowest BCUT2D eigenvalue weighted by Crippen LogP contribution is -2.42. The van der Waals surface area contributed by atoms with Gasteiger partial charge in [0.1, 0.15) is 5.75 Å². The molecule has 0 fully saturated rings. The van der Waals surface area contributed by atoms with Crippen LogP contribution in [0.25, 0.3) is 0 Å². The first-order valence-electron chi connectivity index (χ1n) is 7.89. The summed E-state index contributed by atoms with van der Waals surface area (Å²) in [4.78, 5) is 2.39. The van der Waals surface area contributed by atoms with E-state index >= 15 is 0 Å². The van der Waals surface area contributed by atoms with Crippen molar-refractivity contribution in [3.63, 3.8) is 0 Å². The van der Waals surface area contributed by atoms with Gasteiger partial charge in [0, 0.05) is 19.2 Å². The van der Waals surface area contributed by atoms with Crippen molar-refractivity contribution in [2.24, 2.45) is 5.73 Å². The minimum absolute atomic E-state index is 0.0960. The largest absolute Gasteiger partial charge is 0.497 e. The Morgan fingerprint density at radius 3 is 2.57 bits per heavy atom. The lowest BCUT2D eigenvalue weighted by atomic mass is 9.96. The molecule has 0 aliphatic carbocycles. The first-order valence-corrected chi connectivity index (χ1v) is 7.89. The average Bonchev–Trinajstić information content (AvgIpc) is 2.53. The van der Waals surface area contributed by atoms with Gasteiger partial charge in [-0.05, 0) is 37.6 Å². The molecule has 0 heterocycles. The molecule has 0 aliphatic rings. The van der Waals surface area contributed by atoms with Crippen LogP contribution in [-0.4, -0.2) is 44.4 Å². The Hall–Kier alpha value is -1.10. The van der Waals surface area contributed by atoms with Crippen LogP contribution in [0.1, 0.15) is 38.8 Å². The summed E-state index contributed by atoms with van der Waals surface area (Å²) in [6.07, 6.45) is 0.938. The second-order valence-electron chi connectivity index (χ2n) is 5.12. The summed E-state index contributed by atoms with van der Waals surface area (Å²) in [5.74, 6) is 0.877. The van der Waals surface area contributed by atoms with E-state index in [0.29, 0.717) is 0 Å². The molecular weight excluding hydrogens is 264 g/mol. The van der Waals surface area contributed by atoms with E-state index in [9.17, 15) is 0 Å².